The number of aromatic nitrogens is 1. The van der Waals surface area contributed by atoms with Crippen LogP contribution in [0.4, 0.5) is 13.2 Å². The van der Waals surface area contributed by atoms with Crippen LogP contribution in [-0.2, 0) is 6.42 Å². The number of hydrogen-bond acceptors (Lipinski definition) is 1. The van der Waals surface area contributed by atoms with Gasteiger partial charge in [0.05, 0.1) is 16.6 Å². The monoisotopic (exact) mass is 383 g/mol. The van der Waals surface area contributed by atoms with E-state index in [4.69, 9.17) is 4.98 Å². The van der Waals surface area contributed by atoms with Crippen molar-refractivity contribution in [3.8, 4) is 11.3 Å². The smallest absolute Gasteiger partial charge is 0.248 e. The zero-order chi connectivity index (χ0) is 19.9. The lowest BCUT2D eigenvalue weighted by molar-refractivity contribution is -0.222. The van der Waals surface area contributed by atoms with Crippen molar-refractivity contribution in [2.45, 2.75) is 52.1 Å². The van der Waals surface area contributed by atoms with Crippen molar-refractivity contribution in [3.05, 3.63) is 65.2 Å². The maximum atomic E-state index is 13.8. The molecule has 1 aliphatic carbocycles. The van der Waals surface area contributed by atoms with Crippen LogP contribution in [0.2, 0.25) is 0 Å². The van der Waals surface area contributed by atoms with Crippen molar-refractivity contribution in [1.29, 1.82) is 0 Å². The third kappa shape index (κ3) is 3.52. The van der Waals surface area contributed by atoms with Crippen molar-refractivity contribution in [1.82, 2.24) is 4.98 Å². The fraction of sp³-hybridized carbons (Fsp3) is 0.375. The first-order chi connectivity index (χ1) is 13.3. The Bertz CT molecular complexity index is 994. The highest BCUT2D eigenvalue weighted by Crippen LogP contribution is 2.52. The lowest BCUT2D eigenvalue weighted by Gasteiger charge is -2.31. The zero-order valence-corrected chi connectivity index (χ0v) is 16.2. The minimum atomic E-state index is -4.16. The molecule has 0 spiro atoms. The van der Waals surface area contributed by atoms with E-state index in [9.17, 15) is 13.2 Å². The molecule has 1 aliphatic rings. The predicted octanol–water partition coefficient (Wildman–Crippen LogP) is 7.18. The van der Waals surface area contributed by atoms with E-state index in [2.05, 4.69) is 18.2 Å². The molecule has 0 bridgehead atoms. The SMILES string of the molecule is Cc1cc(C)cc(-c2ccc3ccc(CC4(C(F)(F)F)CCCC4)cc3n2)c1. The first-order valence-corrected chi connectivity index (χ1v) is 9.81. The summed E-state index contributed by atoms with van der Waals surface area (Å²) in [6.07, 6.45) is -2.35. The standard InChI is InChI=1S/C24H24F3N/c1-16-11-17(2)13-20(12-16)21-8-7-19-6-5-18(14-22(19)28-21)15-23(24(25,26)27)9-3-4-10-23/h5-8,11-14H,3-4,9-10,15H2,1-2H3. The maximum absolute atomic E-state index is 13.8. The molecule has 0 atom stereocenters. The van der Waals surface area contributed by atoms with Crippen LogP contribution in [0.5, 0.6) is 0 Å². The Kier molecular flexibility index (Phi) is 4.68. The van der Waals surface area contributed by atoms with Gasteiger partial charge in [0.25, 0.3) is 0 Å². The molecule has 146 valence electrons. The number of pyridine rings is 1. The van der Waals surface area contributed by atoms with E-state index < -0.39 is 11.6 Å². The van der Waals surface area contributed by atoms with E-state index >= 15 is 0 Å². The van der Waals surface area contributed by atoms with Gasteiger partial charge < -0.3 is 0 Å². The Morgan fingerprint density at radius 1 is 0.893 bits per heavy atom. The molecule has 0 amide bonds. The van der Waals surface area contributed by atoms with Gasteiger partial charge in [-0.1, -0.05) is 48.2 Å². The Labute approximate surface area is 163 Å². The third-order valence-corrected chi connectivity index (χ3v) is 5.98. The van der Waals surface area contributed by atoms with Gasteiger partial charge in [0.1, 0.15) is 0 Å². The normalized spacial score (nSPS) is 16.6. The van der Waals surface area contributed by atoms with Crippen LogP contribution in [0.25, 0.3) is 22.2 Å². The highest BCUT2D eigenvalue weighted by Gasteiger charge is 2.55. The minimum absolute atomic E-state index is 0.0436. The molecule has 0 saturated heterocycles. The topological polar surface area (TPSA) is 12.9 Å². The Morgan fingerprint density at radius 2 is 1.54 bits per heavy atom. The van der Waals surface area contributed by atoms with Gasteiger partial charge in [-0.2, -0.15) is 13.2 Å². The summed E-state index contributed by atoms with van der Waals surface area (Å²) in [5.74, 6) is 0. The van der Waals surface area contributed by atoms with Crippen LogP contribution < -0.4 is 0 Å². The largest absolute Gasteiger partial charge is 0.394 e. The highest BCUT2D eigenvalue weighted by atomic mass is 19.4. The number of nitrogens with zero attached hydrogens (tertiary/aromatic N) is 1. The van der Waals surface area contributed by atoms with Crippen LogP contribution in [-0.4, -0.2) is 11.2 Å². The second-order valence-corrected chi connectivity index (χ2v) is 8.26. The lowest BCUT2D eigenvalue weighted by Crippen LogP contribution is -2.37. The first-order valence-electron chi connectivity index (χ1n) is 9.81. The lowest BCUT2D eigenvalue weighted by atomic mass is 9.79. The molecule has 1 heterocycles. The summed E-state index contributed by atoms with van der Waals surface area (Å²) >= 11 is 0. The van der Waals surface area contributed by atoms with Crippen LogP contribution in [0.3, 0.4) is 0 Å². The molecule has 1 fully saturated rings. The summed E-state index contributed by atoms with van der Waals surface area (Å²) in [6.45, 7) is 4.10. The Balaban J connectivity index is 1.72. The molecule has 1 nitrogen and oxygen atoms in total. The quantitative estimate of drug-likeness (QED) is 0.467. The number of alkyl halides is 3. The Morgan fingerprint density at radius 3 is 2.18 bits per heavy atom. The van der Waals surface area contributed by atoms with E-state index in [1.54, 1.807) is 0 Å². The molecule has 3 aromatic rings. The maximum Gasteiger partial charge on any atom is 0.394 e. The summed E-state index contributed by atoms with van der Waals surface area (Å²) < 4.78 is 41.3. The molecule has 4 rings (SSSR count). The van der Waals surface area contributed by atoms with Crippen molar-refractivity contribution in [3.63, 3.8) is 0 Å². The molecular formula is C24H24F3N. The summed E-state index contributed by atoms with van der Waals surface area (Å²) in [5, 5.41) is 0.948. The van der Waals surface area contributed by atoms with E-state index in [-0.39, 0.29) is 19.3 Å². The first kappa shape index (κ1) is 19.0. The van der Waals surface area contributed by atoms with E-state index in [1.807, 2.05) is 44.2 Å². The van der Waals surface area contributed by atoms with Crippen molar-refractivity contribution in [2.24, 2.45) is 5.41 Å². The molecule has 4 heteroatoms. The van der Waals surface area contributed by atoms with Crippen molar-refractivity contribution < 1.29 is 13.2 Å². The summed E-state index contributed by atoms with van der Waals surface area (Å²) in [4.78, 5) is 4.77. The number of aryl methyl sites for hydroxylation is 2. The van der Waals surface area contributed by atoms with Gasteiger partial charge in [0.2, 0.25) is 0 Å². The third-order valence-electron chi connectivity index (χ3n) is 5.98. The minimum Gasteiger partial charge on any atom is -0.248 e. The molecule has 1 saturated carbocycles. The van der Waals surface area contributed by atoms with Gasteiger partial charge in [-0.25, -0.2) is 4.98 Å². The molecule has 0 N–H and O–H groups in total. The highest BCUT2D eigenvalue weighted by molar-refractivity contribution is 5.82. The van der Waals surface area contributed by atoms with Gasteiger partial charge in [-0.15, -0.1) is 0 Å². The molecule has 0 unspecified atom stereocenters. The molecule has 0 radical (unpaired) electrons. The average Bonchev–Trinajstić information content (AvgIpc) is 3.10. The van der Waals surface area contributed by atoms with Gasteiger partial charge in [-0.05, 0) is 62.9 Å². The molecule has 2 aromatic carbocycles. The van der Waals surface area contributed by atoms with Crippen LogP contribution >= 0.6 is 0 Å². The van der Waals surface area contributed by atoms with E-state index in [1.165, 1.54) is 11.1 Å². The van der Waals surface area contributed by atoms with Gasteiger partial charge in [-0.3, -0.25) is 0 Å². The summed E-state index contributed by atoms with van der Waals surface area (Å²) in [6, 6.07) is 15.8. The summed E-state index contributed by atoms with van der Waals surface area (Å²) in [5.41, 5.74) is 4.11. The fourth-order valence-corrected chi connectivity index (χ4v) is 4.56. The van der Waals surface area contributed by atoms with Crippen molar-refractivity contribution >= 4 is 10.9 Å². The number of rotatable bonds is 3. The number of halogens is 3. The molecule has 28 heavy (non-hydrogen) atoms. The van der Waals surface area contributed by atoms with Gasteiger partial charge in [0, 0.05) is 10.9 Å². The zero-order valence-electron chi connectivity index (χ0n) is 16.2. The Hall–Kier alpha value is -2.36. The number of hydrogen-bond donors (Lipinski definition) is 0. The van der Waals surface area contributed by atoms with E-state index in [0.717, 1.165) is 27.7 Å². The molecular weight excluding hydrogens is 359 g/mol. The number of benzene rings is 2. The van der Waals surface area contributed by atoms with Crippen LogP contribution in [0.1, 0.15) is 42.4 Å². The van der Waals surface area contributed by atoms with Crippen LogP contribution in [0, 0.1) is 19.3 Å². The average molecular weight is 383 g/mol. The summed E-state index contributed by atoms with van der Waals surface area (Å²) in [7, 11) is 0. The second-order valence-electron chi connectivity index (χ2n) is 8.26. The van der Waals surface area contributed by atoms with E-state index in [0.29, 0.717) is 12.8 Å². The van der Waals surface area contributed by atoms with Crippen molar-refractivity contribution in [2.75, 3.05) is 0 Å². The number of fused-ring (bicyclic) bond motifs is 1. The van der Waals surface area contributed by atoms with Crippen LogP contribution in [0.15, 0.2) is 48.5 Å². The van der Waals surface area contributed by atoms with Gasteiger partial charge >= 0.3 is 6.18 Å². The fourth-order valence-electron chi connectivity index (χ4n) is 4.56. The van der Waals surface area contributed by atoms with Gasteiger partial charge in [0.15, 0.2) is 0 Å². The predicted molar refractivity (Wildman–Crippen MR) is 107 cm³/mol. The molecule has 1 aromatic heterocycles. The second kappa shape index (κ2) is 6.91. The molecule has 0 aliphatic heterocycles.